The van der Waals surface area contributed by atoms with E-state index in [1.807, 2.05) is 38.4 Å². The van der Waals surface area contributed by atoms with E-state index in [0.717, 1.165) is 11.4 Å². The number of hydrogen-bond donors (Lipinski definition) is 0. The summed E-state index contributed by atoms with van der Waals surface area (Å²) >= 11 is 0.533. The standard InChI is InChI=1S/C9H12NOS/c1-10(2)7-8-3-5-9(12-11)6-4-8/h3-6H,7H2,1-2H3/q+1. The van der Waals surface area contributed by atoms with Crippen molar-refractivity contribution in [3.05, 3.63) is 29.8 Å². The zero-order valence-corrected chi connectivity index (χ0v) is 8.10. The van der Waals surface area contributed by atoms with Crippen LogP contribution in [0, 0.1) is 0 Å². The first-order valence-electron chi connectivity index (χ1n) is 3.76. The van der Waals surface area contributed by atoms with E-state index in [1.54, 1.807) is 0 Å². The van der Waals surface area contributed by atoms with Gasteiger partial charge in [-0.15, -0.1) is 0 Å². The van der Waals surface area contributed by atoms with Crippen LogP contribution in [0.2, 0.25) is 0 Å². The SMILES string of the molecule is CN(C)Cc1ccc(S#[O+])cc1. The third-order valence-corrected chi connectivity index (χ3v) is 1.98. The molecule has 0 fully saturated rings. The van der Waals surface area contributed by atoms with Crippen LogP contribution in [-0.4, -0.2) is 19.0 Å². The van der Waals surface area contributed by atoms with E-state index in [9.17, 15) is 4.04 Å². The normalized spacial score (nSPS) is 10.2. The summed E-state index contributed by atoms with van der Waals surface area (Å²) in [7, 11) is 4.05. The van der Waals surface area contributed by atoms with Gasteiger partial charge in [0, 0.05) is 0 Å². The molecule has 0 N–H and O–H groups in total. The monoisotopic (exact) mass is 182 g/mol. The number of nitrogens with zero attached hydrogens (tertiary/aromatic N) is 1. The Balaban J connectivity index is 2.73. The second kappa shape index (κ2) is 4.40. The predicted molar refractivity (Wildman–Crippen MR) is 50.4 cm³/mol. The molecule has 2 nitrogen and oxygen atoms in total. The fourth-order valence-electron chi connectivity index (χ4n) is 1.02. The van der Waals surface area contributed by atoms with Crippen molar-refractivity contribution >= 4 is 11.5 Å². The van der Waals surface area contributed by atoms with E-state index in [2.05, 4.69) is 4.90 Å². The molecule has 0 amide bonds. The Morgan fingerprint density at radius 2 is 1.83 bits per heavy atom. The Kier molecular flexibility index (Phi) is 3.47. The van der Waals surface area contributed by atoms with Crippen LogP contribution in [0.3, 0.4) is 0 Å². The molecule has 0 unspecified atom stereocenters. The van der Waals surface area contributed by atoms with E-state index in [0.29, 0.717) is 11.5 Å². The van der Waals surface area contributed by atoms with Gasteiger partial charge in [-0.3, -0.25) is 0 Å². The zero-order chi connectivity index (χ0) is 8.97. The summed E-state index contributed by atoms with van der Waals surface area (Å²) in [5.74, 6) is 0. The second-order valence-electron chi connectivity index (χ2n) is 2.97. The van der Waals surface area contributed by atoms with E-state index >= 15 is 0 Å². The van der Waals surface area contributed by atoms with Gasteiger partial charge in [-0.05, 0) is 0 Å². The first kappa shape index (κ1) is 9.45. The third kappa shape index (κ3) is 2.77. The number of benzene rings is 1. The van der Waals surface area contributed by atoms with E-state index in [4.69, 9.17) is 0 Å². The molecule has 0 radical (unpaired) electrons. The molecule has 12 heavy (non-hydrogen) atoms. The van der Waals surface area contributed by atoms with Crippen LogP contribution in [0.15, 0.2) is 29.2 Å². The number of hydrogen-bond acceptors (Lipinski definition) is 1. The minimum atomic E-state index is 0.533. The molecule has 0 aliphatic heterocycles. The summed E-state index contributed by atoms with van der Waals surface area (Å²) in [5.41, 5.74) is 1.23. The van der Waals surface area contributed by atoms with Crippen molar-refractivity contribution in [2.45, 2.75) is 11.4 Å². The maximum atomic E-state index is 10.4. The molecule has 1 aromatic rings. The molecule has 0 saturated carbocycles. The maximum absolute atomic E-state index is 10.4. The Morgan fingerprint density at radius 1 is 1.25 bits per heavy atom. The van der Waals surface area contributed by atoms with Gasteiger partial charge in [0.25, 0.3) is 0 Å². The zero-order valence-electron chi connectivity index (χ0n) is 7.28. The van der Waals surface area contributed by atoms with Crippen molar-refractivity contribution in [1.29, 1.82) is 0 Å². The topological polar surface area (TPSA) is 23.1 Å². The Labute approximate surface area is 76.4 Å². The van der Waals surface area contributed by atoms with E-state index in [-0.39, 0.29) is 0 Å². The van der Waals surface area contributed by atoms with Crippen LogP contribution in [0.25, 0.3) is 0 Å². The molecule has 1 rings (SSSR count). The molecule has 1 aromatic carbocycles. The number of rotatable bonds is 2. The Hall–Kier alpha value is -0.640. The predicted octanol–water partition coefficient (Wildman–Crippen LogP) is 2.19. The van der Waals surface area contributed by atoms with Crippen LogP contribution in [0.5, 0.6) is 0 Å². The van der Waals surface area contributed by atoms with E-state index < -0.39 is 0 Å². The fraction of sp³-hybridized carbons (Fsp3) is 0.333. The molecule has 0 bridgehead atoms. The summed E-state index contributed by atoms with van der Waals surface area (Å²) in [6, 6.07) is 7.69. The van der Waals surface area contributed by atoms with Gasteiger partial charge in [-0.1, -0.05) is 0 Å². The van der Waals surface area contributed by atoms with Crippen molar-refractivity contribution in [3.63, 3.8) is 0 Å². The summed E-state index contributed by atoms with van der Waals surface area (Å²) in [4.78, 5) is 2.87. The Bertz CT molecular complexity index is 286. The molecule has 0 aliphatic rings. The Morgan fingerprint density at radius 3 is 2.25 bits per heavy atom. The van der Waals surface area contributed by atoms with Gasteiger partial charge in [0.1, 0.15) is 0 Å². The summed E-state index contributed by atoms with van der Waals surface area (Å²) in [6.07, 6.45) is 0. The van der Waals surface area contributed by atoms with Crippen LogP contribution < -0.4 is 0 Å². The van der Waals surface area contributed by atoms with Gasteiger partial charge in [0.15, 0.2) is 0 Å². The minimum absolute atomic E-state index is 0.533. The molecular weight excluding hydrogens is 170 g/mol. The van der Waals surface area contributed by atoms with Gasteiger partial charge in [-0.25, -0.2) is 0 Å². The molecule has 64 valence electrons. The van der Waals surface area contributed by atoms with Crippen LogP contribution in [0.1, 0.15) is 5.56 Å². The third-order valence-electron chi connectivity index (χ3n) is 1.52. The summed E-state index contributed by atoms with van der Waals surface area (Å²) in [6.45, 7) is 0.920. The van der Waals surface area contributed by atoms with Crippen LogP contribution in [0.4, 0.5) is 0 Å². The molecular formula is C9H12NOS+. The average Bonchev–Trinajstić information content (AvgIpc) is 2.05. The molecule has 0 spiro atoms. The van der Waals surface area contributed by atoms with Crippen LogP contribution >= 0.6 is 11.5 Å². The molecule has 0 heterocycles. The molecule has 0 aromatic heterocycles. The van der Waals surface area contributed by atoms with Gasteiger partial charge in [0.05, 0.1) is 0 Å². The van der Waals surface area contributed by atoms with Crippen molar-refractivity contribution in [2.75, 3.05) is 14.1 Å². The molecule has 0 atom stereocenters. The fourth-order valence-corrected chi connectivity index (χ4v) is 1.26. The quantitative estimate of drug-likeness (QED) is 0.643. The van der Waals surface area contributed by atoms with Crippen molar-refractivity contribution in [2.24, 2.45) is 0 Å². The second-order valence-corrected chi connectivity index (χ2v) is 3.60. The molecule has 0 saturated heterocycles. The van der Waals surface area contributed by atoms with Crippen molar-refractivity contribution in [3.8, 4) is 0 Å². The first-order valence-corrected chi connectivity index (χ1v) is 4.50. The van der Waals surface area contributed by atoms with Gasteiger partial charge in [-0.2, -0.15) is 0 Å². The van der Waals surface area contributed by atoms with Crippen molar-refractivity contribution in [1.82, 2.24) is 4.90 Å². The molecule has 3 heteroatoms. The first-order chi connectivity index (χ1) is 5.72. The van der Waals surface area contributed by atoms with Gasteiger partial charge >= 0.3 is 75.8 Å². The van der Waals surface area contributed by atoms with Gasteiger partial charge < -0.3 is 0 Å². The van der Waals surface area contributed by atoms with E-state index in [1.165, 1.54) is 5.56 Å². The van der Waals surface area contributed by atoms with Gasteiger partial charge in [0.2, 0.25) is 0 Å². The average molecular weight is 182 g/mol. The van der Waals surface area contributed by atoms with Crippen LogP contribution in [-0.2, 0) is 10.6 Å². The summed E-state index contributed by atoms with van der Waals surface area (Å²) in [5, 5.41) is 0. The molecule has 0 aliphatic carbocycles. The van der Waals surface area contributed by atoms with Crippen molar-refractivity contribution < 1.29 is 4.04 Å². The summed E-state index contributed by atoms with van der Waals surface area (Å²) < 4.78 is 10.4.